The van der Waals surface area contributed by atoms with Crippen molar-refractivity contribution in [1.82, 2.24) is 14.2 Å². The van der Waals surface area contributed by atoms with Crippen molar-refractivity contribution in [3.8, 4) is 12.1 Å². The SMILES string of the molecule is CN(C)CCN(C(=O)c1ccc(S(=O)(=O)N(CCC#N)CCC#N)cc1)c1nc2ccc(F)cc2s1. The van der Waals surface area contributed by atoms with Crippen molar-refractivity contribution in [1.29, 1.82) is 10.5 Å². The van der Waals surface area contributed by atoms with Crippen LogP contribution in [0.15, 0.2) is 47.4 Å². The molecule has 0 saturated heterocycles. The number of halogens is 1. The van der Waals surface area contributed by atoms with Crippen LogP contribution in [0.5, 0.6) is 0 Å². The maximum atomic E-state index is 13.7. The molecule has 1 amide bonds. The summed E-state index contributed by atoms with van der Waals surface area (Å²) in [5.41, 5.74) is 0.842. The Morgan fingerprint density at radius 1 is 1.00 bits per heavy atom. The van der Waals surface area contributed by atoms with E-state index in [1.54, 1.807) is 6.07 Å². The van der Waals surface area contributed by atoms with Gasteiger partial charge in [0, 0.05) is 44.6 Å². The lowest BCUT2D eigenvalue weighted by atomic mass is 10.2. The molecule has 9 nitrogen and oxygen atoms in total. The van der Waals surface area contributed by atoms with Gasteiger partial charge in [-0.1, -0.05) is 11.3 Å². The molecule has 188 valence electrons. The van der Waals surface area contributed by atoms with Crippen molar-refractivity contribution >= 4 is 42.6 Å². The molecule has 0 atom stereocenters. The summed E-state index contributed by atoms with van der Waals surface area (Å²) in [5.74, 6) is -0.759. The predicted molar refractivity (Wildman–Crippen MR) is 135 cm³/mol. The highest BCUT2D eigenvalue weighted by atomic mass is 32.2. The largest absolute Gasteiger partial charge is 0.308 e. The monoisotopic (exact) mass is 528 g/mol. The van der Waals surface area contributed by atoms with E-state index < -0.39 is 10.0 Å². The molecule has 1 aromatic heterocycles. The van der Waals surface area contributed by atoms with Gasteiger partial charge in [-0.15, -0.1) is 0 Å². The van der Waals surface area contributed by atoms with Crippen LogP contribution in [-0.4, -0.2) is 68.8 Å². The van der Waals surface area contributed by atoms with Crippen molar-refractivity contribution in [3.05, 3.63) is 53.8 Å². The highest BCUT2D eigenvalue weighted by Gasteiger charge is 2.26. The van der Waals surface area contributed by atoms with Crippen LogP contribution >= 0.6 is 11.3 Å². The fourth-order valence-corrected chi connectivity index (χ4v) is 5.82. The quantitative estimate of drug-likeness (QED) is 0.374. The number of amides is 1. The highest BCUT2D eigenvalue weighted by Crippen LogP contribution is 2.30. The van der Waals surface area contributed by atoms with E-state index in [-0.39, 0.29) is 48.1 Å². The minimum atomic E-state index is -3.95. The first-order chi connectivity index (χ1) is 17.2. The normalized spacial score (nSPS) is 11.5. The van der Waals surface area contributed by atoms with Gasteiger partial charge in [-0.25, -0.2) is 17.8 Å². The Labute approximate surface area is 213 Å². The number of sulfonamides is 1. The number of benzene rings is 2. The van der Waals surface area contributed by atoms with Gasteiger partial charge >= 0.3 is 0 Å². The van der Waals surface area contributed by atoms with Gasteiger partial charge in [0.15, 0.2) is 5.13 Å². The van der Waals surface area contributed by atoms with E-state index >= 15 is 0 Å². The summed E-state index contributed by atoms with van der Waals surface area (Å²) < 4.78 is 41.5. The second-order valence-corrected chi connectivity index (χ2v) is 11.1. The number of carbonyl (C=O) groups excluding carboxylic acids is 1. The van der Waals surface area contributed by atoms with Gasteiger partial charge in [-0.2, -0.15) is 14.8 Å². The van der Waals surface area contributed by atoms with Crippen LogP contribution in [0, 0.1) is 28.5 Å². The van der Waals surface area contributed by atoms with E-state index in [9.17, 15) is 17.6 Å². The minimum Gasteiger partial charge on any atom is -0.308 e. The van der Waals surface area contributed by atoms with Gasteiger partial charge in [-0.05, 0) is 56.6 Å². The Hall–Kier alpha value is -3.42. The van der Waals surface area contributed by atoms with Crippen molar-refractivity contribution < 1.29 is 17.6 Å². The number of hydrogen-bond acceptors (Lipinski definition) is 8. The number of fused-ring (bicyclic) bond motifs is 1. The zero-order chi connectivity index (χ0) is 26.3. The molecule has 3 rings (SSSR count). The number of thiazole rings is 1. The molecule has 0 saturated carbocycles. The number of anilines is 1. The first-order valence-corrected chi connectivity index (χ1v) is 13.3. The molecular weight excluding hydrogens is 503 g/mol. The van der Waals surface area contributed by atoms with Crippen LogP contribution in [0.2, 0.25) is 0 Å². The molecule has 3 aromatic rings. The number of aromatic nitrogens is 1. The molecule has 1 heterocycles. The first-order valence-electron chi connectivity index (χ1n) is 11.0. The number of carbonyl (C=O) groups is 1. The van der Waals surface area contributed by atoms with E-state index in [1.165, 1.54) is 52.6 Å². The van der Waals surface area contributed by atoms with E-state index in [4.69, 9.17) is 10.5 Å². The van der Waals surface area contributed by atoms with Crippen molar-refractivity contribution in [2.75, 3.05) is 45.2 Å². The summed E-state index contributed by atoms with van der Waals surface area (Å²) in [6.07, 6.45) is -0.0116. The molecule has 2 aromatic carbocycles. The van der Waals surface area contributed by atoms with Crippen molar-refractivity contribution in [2.24, 2.45) is 0 Å². The van der Waals surface area contributed by atoms with Crippen LogP contribution in [-0.2, 0) is 10.0 Å². The van der Waals surface area contributed by atoms with Gasteiger partial charge in [0.25, 0.3) is 5.91 Å². The summed E-state index contributed by atoms with van der Waals surface area (Å²) in [4.78, 5) is 21.3. The Balaban J connectivity index is 1.90. The third-order valence-electron chi connectivity index (χ3n) is 5.27. The summed E-state index contributed by atoms with van der Waals surface area (Å²) in [6, 6.07) is 13.6. The maximum absolute atomic E-state index is 13.7. The van der Waals surface area contributed by atoms with Gasteiger partial charge in [0.05, 0.1) is 27.3 Å². The maximum Gasteiger partial charge on any atom is 0.260 e. The zero-order valence-corrected chi connectivity index (χ0v) is 21.5. The average molecular weight is 529 g/mol. The van der Waals surface area contributed by atoms with Crippen LogP contribution < -0.4 is 4.90 Å². The minimum absolute atomic E-state index is 0.00582. The van der Waals surface area contributed by atoms with Gasteiger partial charge in [0.2, 0.25) is 10.0 Å². The van der Waals surface area contributed by atoms with E-state index in [0.29, 0.717) is 28.4 Å². The number of nitrogens with zero attached hydrogens (tertiary/aromatic N) is 6. The molecular formula is C24H25FN6O3S2. The molecule has 0 aliphatic heterocycles. The molecule has 0 unspecified atom stereocenters. The Morgan fingerprint density at radius 3 is 2.22 bits per heavy atom. The molecule has 0 aliphatic rings. The number of hydrogen-bond donors (Lipinski definition) is 0. The Kier molecular flexibility index (Phi) is 9.07. The first kappa shape index (κ1) is 27.2. The summed E-state index contributed by atoms with van der Waals surface area (Å²) in [7, 11) is -0.199. The molecule has 0 fully saturated rings. The lowest BCUT2D eigenvalue weighted by Gasteiger charge is -2.22. The number of likely N-dealkylation sites (N-methyl/N-ethyl adjacent to an activating group) is 1. The topological polar surface area (TPSA) is 121 Å². The zero-order valence-electron chi connectivity index (χ0n) is 19.9. The predicted octanol–water partition coefficient (Wildman–Crippen LogP) is 3.46. The van der Waals surface area contributed by atoms with Gasteiger partial charge in [-0.3, -0.25) is 9.69 Å². The van der Waals surface area contributed by atoms with Crippen LogP contribution in [0.1, 0.15) is 23.2 Å². The molecule has 0 radical (unpaired) electrons. The highest BCUT2D eigenvalue weighted by molar-refractivity contribution is 7.89. The third-order valence-corrected chi connectivity index (χ3v) is 8.23. The van der Waals surface area contributed by atoms with Crippen LogP contribution in [0.25, 0.3) is 10.2 Å². The van der Waals surface area contributed by atoms with E-state index in [0.717, 1.165) is 4.31 Å². The second kappa shape index (κ2) is 12.0. The molecule has 36 heavy (non-hydrogen) atoms. The van der Waals surface area contributed by atoms with Gasteiger partial charge in [0.1, 0.15) is 5.82 Å². The molecule has 12 heteroatoms. The molecule has 0 N–H and O–H groups in total. The Morgan fingerprint density at radius 2 is 1.64 bits per heavy atom. The summed E-state index contributed by atoms with van der Waals surface area (Å²) in [5, 5.41) is 18.1. The second-order valence-electron chi connectivity index (χ2n) is 8.11. The summed E-state index contributed by atoms with van der Waals surface area (Å²) in [6.45, 7) is 0.814. The third kappa shape index (κ3) is 6.42. The number of nitriles is 2. The molecule has 0 bridgehead atoms. The molecule has 0 aliphatic carbocycles. The van der Waals surface area contributed by atoms with Crippen LogP contribution in [0.4, 0.5) is 9.52 Å². The lowest BCUT2D eigenvalue weighted by Crippen LogP contribution is -2.36. The van der Waals surface area contributed by atoms with E-state index in [2.05, 4.69) is 4.98 Å². The summed E-state index contributed by atoms with van der Waals surface area (Å²) >= 11 is 1.20. The average Bonchev–Trinajstić information content (AvgIpc) is 3.26. The van der Waals surface area contributed by atoms with Crippen molar-refractivity contribution in [3.63, 3.8) is 0 Å². The van der Waals surface area contributed by atoms with Crippen molar-refractivity contribution in [2.45, 2.75) is 17.7 Å². The van der Waals surface area contributed by atoms with E-state index in [1.807, 2.05) is 31.1 Å². The fraction of sp³-hybridized carbons (Fsp3) is 0.333. The number of rotatable bonds is 11. The fourth-order valence-electron chi connectivity index (χ4n) is 3.36. The lowest BCUT2D eigenvalue weighted by molar-refractivity contribution is 0.0985. The Bertz CT molecular complexity index is 1390. The van der Waals surface area contributed by atoms with Crippen LogP contribution in [0.3, 0.4) is 0 Å². The molecule has 0 spiro atoms. The standard InChI is InChI=1S/C24H25FN6O3S2/c1-29(2)15-16-31(24-28-21-10-7-19(25)17-22(21)35-24)23(32)18-5-8-20(9-6-18)36(33,34)30(13-3-11-26)14-4-12-27/h5-10,17H,3-4,13-16H2,1-2H3. The van der Waals surface area contributed by atoms with Gasteiger partial charge < -0.3 is 4.90 Å². The smallest absolute Gasteiger partial charge is 0.260 e.